The quantitative estimate of drug-likeness (QED) is 0.212. The number of nitrogens with zero attached hydrogens (tertiary/aromatic N) is 2. The molecule has 4 rings (SSSR count). The molecule has 40 heavy (non-hydrogen) atoms. The minimum absolute atomic E-state index is 0.108. The van der Waals surface area contributed by atoms with E-state index in [9.17, 15) is 19.5 Å². The maximum Gasteiger partial charge on any atom is 0.312 e. The smallest absolute Gasteiger partial charge is 0.312 e. The van der Waals surface area contributed by atoms with E-state index in [1.807, 2.05) is 20.8 Å². The highest BCUT2D eigenvalue weighted by Gasteiger charge is 2.79. The summed E-state index contributed by atoms with van der Waals surface area (Å²) in [4.78, 5) is 45.8. The number of anilines is 1. The number of benzene rings is 1. The standard InChI is InChI=1S/C31H41ClN2O6/c1-6-10-18-39-29(38)25-24-27(36)34(23(19-35)20(5)8-3)26(31(24)16-15-30(25,9-4)40-31)28(37)33(17-7-2)22-14-12-11-13-21(22)32/h6-7,11-14,20,23-26,35H,1-2,8-10,15-19H2,3-5H3/t20-,23-,24-,25+,26?,30-,31?/m0/s1. The van der Waals surface area contributed by atoms with Gasteiger partial charge in [-0.1, -0.05) is 63.1 Å². The maximum absolute atomic E-state index is 14.7. The van der Waals surface area contributed by atoms with Crippen LogP contribution in [0.15, 0.2) is 49.6 Å². The molecule has 3 aliphatic heterocycles. The number of ether oxygens (including phenoxy) is 2. The minimum atomic E-state index is -1.24. The molecule has 0 aromatic heterocycles. The highest BCUT2D eigenvalue weighted by atomic mass is 35.5. The van der Waals surface area contributed by atoms with Crippen LogP contribution in [0.25, 0.3) is 0 Å². The van der Waals surface area contributed by atoms with Gasteiger partial charge in [0.15, 0.2) is 0 Å². The van der Waals surface area contributed by atoms with Gasteiger partial charge in [0.25, 0.3) is 5.91 Å². The van der Waals surface area contributed by atoms with Gasteiger partial charge in [0.2, 0.25) is 5.91 Å². The zero-order valence-electron chi connectivity index (χ0n) is 23.7. The van der Waals surface area contributed by atoms with Gasteiger partial charge in [-0.15, -0.1) is 13.2 Å². The third-order valence-electron chi connectivity index (χ3n) is 9.24. The van der Waals surface area contributed by atoms with Gasteiger partial charge < -0.3 is 24.4 Å². The van der Waals surface area contributed by atoms with E-state index in [2.05, 4.69) is 13.2 Å². The molecule has 2 amide bonds. The predicted octanol–water partition coefficient (Wildman–Crippen LogP) is 4.54. The van der Waals surface area contributed by atoms with Gasteiger partial charge in [0, 0.05) is 6.54 Å². The molecule has 2 unspecified atom stereocenters. The summed E-state index contributed by atoms with van der Waals surface area (Å²) in [5.41, 5.74) is -1.66. The van der Waals surface area contributed by atoms with Crippen molar-refractivity contribution in [1.29, 1.82) is 0 Å². The van der Waals surface area contributed by atoms with Crippen LogP contribution in [-0.4, -0.2) is 70.8 Å². The number of fused-ring (bicyclic) bond motifs is 1. The lowest BCUT2D eigenvalue weighted by atomic mass is 9.65. The molecule has 1 spiro atoms. The molecule has 1 N–H and O–H groups in total. The largest absolute Gasteiger partial charge is 0.465 e. The van der Waals surface area contributed by atoms with Crippen LogP contribution in [0.4, 0.5) is 5.69 Å². The average molecular weight is 573 g/mol. The Hall–Kier alpha value is -2.68. The number of rotatable bonds is 13. The first-order valence-electron chi connectivity index (χ1n) is 14.2. The molecule has 3 saturated heterocycles. The van der Waals surface area contributed by atoms with E-state index in [0.29, 0.717) is 42.8 Å². The first-order valence-corrected chi connectivity index (χ1v) is 14.6. The number of carbonyl (C=O) groups is 3. The normalized spacial score (nSPS) is 30.1. The van der Waals surface area contributed by atoms with E-state index >= 15 is 0 Å². The first-order chi connectivity index (χ1) is 19.2. The summed E-state index contributed by atoms with van der Waals surface area (Å²) in [6.45, 7) is 13.4. The van der Waals surface area contributed by atoms with E-state index < -0.39 is 41.1 Å². The molecule has 3 aliphatic rings. The SMILES string of the molecule is C=CCCOC(=O)[C@H]1[C@H]2C(=O)N([C@@H](CO)[C@@H](C)CC)C(C(=O)N(CC=C)c3ccccc3Cl)C23CC[C@]1(CC)O3. The Morgan fingerprint density at radius 2 is 2.00 bits per heavy atom. The zero-order valence-corrected chi connectivity index (χ0v) is 24.4. The number of likely N-dealkylation sites (tertiary alicyclic amines) is 1. The predicted molar refractivity (Wildman–Crippen MR) is 154 cm³/mol. The van der Waals surface area contributed by atoms with Crippen molar-refractivity contribution in [1.82, 2.24) is 4.90 Å². The Balaban J connectivity index is 1.87. The molecule has 3 heterocycles. The molecule has 1 aromatic carbocycles. The molecule has 0 radical (unpaired) electrons. The fraction of sp³-hybridized carbons (Fsp3) is 0.581. The van der Waals surface area contributed by atoms with Gasteiger partial charge in [0.05, 0.1) is 41.5 Å². The number of hydrogen-bond donors (Lipinski definition) is 1. The van der Waals surface area contributed by atoms with Gasteiger partial charge in [-0.05, 0) is 43.7 Å². The fourth-order valence-corrected chi connectivity index (χ4v) is 7.29. The number of aliphatic hydroxyl groups excluding tert-OH is 1. The molecular weight excluding hydrogens is 532 g/mol. The number of para-hydroxylation sites is 1. The molecule has 0 saturated carbocycles. The van der Waals surface area contributed by atoms with Crippen LogP contribution in [0.2, 0.25) is 5.02 Å². The van der Waals surface area contributed by atoms with E-state index in [1.165, 1.54) is 9.80 Å². The Kier molecular flexibility index (Phi) is 9.12. The van der Waals surface area contributed by atoms with Crippen molar-refractivity contribution in [2.45, 2.75) is 76.2 Å². The third-order valence-corrected chi connectivity index (χ3v) is 9.56. The molecule has 1 aromatic rings. The van der Waals surface area contributed by atoms with E-state index in [-0.39, 0.29) is 37.5 Å². The summed E-state index contributed by atoms with van der Waals surface area (Å²) in [7, 11) is 0. The second kappa shape index (κ2) is 12.0. The number of halogens is 1. The second-order valence-corrected chi connectivity index (χ2v) is 11.6. The molecule has 3 fully saturated rings. The van der Waals surface area contributed by atoms with Crippen LogP contribution in [0.1, 0.15) is 52.9 Å². The van der Waals surface area contributed by atoms with E-state index in [0.717, 1.165) is 0 Å². The number of aliphatic hydroxyl groups is 1. The summed E-state index contributed by atoms with van der Waals surface area (Å²) < 4.78 is 12.4. The lowest BCUT2D eigenvalue weighted by molar-refractivity contribution is -0.162. The number of esters is 1. The lowest BCUT2D eigenvalue weighted by Crippen LogP contribution is -2.60. The summed E-state index contributed by atoms with van der Waals surface area (Å²) in [6, 6.07) is 5.32. The van der Waals surface area contributed by atoms with E-state index in [1.54, 1.807) is 36.4 Å². The van der Waals surface area contributed by atoms with E-state index in [4.69, 9.17) is 21.1 Å². The van der Waals surface area contributed by atoms with Crippen molar-refractivity contribution in [2.75, 3.05) is 24.7 Å². The molecule has 7 atom stereocenters. The van der Waals surface area contributed by atoms with Gasteiger partial charge in [-0.2, -0.15) is 0 Å². The van der Waals surface area contributed by atoms with Gasteiger partial charge >= 0.3 is 5.97 Å². The summed E-state index contributed by atoms with van der Waals surface area (Å²) in [5.74, 6) is -3.08. The third kappa shape index (κ3) is 4.68. The van der Waals surface area contributed by atoms with Crippen LogP contribution < -0.4 is 4.90 Å². The van der Waals surface area contributed by atoms with Crippen molar-refractivity contribution in [3.63, 3.8) is 0 Å². The lowest BCUT2D eigenvalue weighted by Gasteiger charge is -2.41. The van der Waals surface area contributed by atoms with Gasteiger partial charge in [-0.3, -0.25) is 14.4 Å². The summed E-state index contributed by atoms with van der Waals surface area (Å²) in [5, 5.41) is 10.9. The van der Waals surface area contributed by atoms with Crippen LogP contribution in [0.3, 0.4) is 0 Å². The molecule has 8 nitrogen and oxygen atoms in total. The van der Waals surface area contributed by atoms with Crippen LogP contribution in [0.5, 0.6) is 0 Å². The number of carbonyl (C=O) groups excluding carboxylic acids is 3. The van der Waals surface area contributed by atoms with Crippen molar-refractivity contribution in [3.8, 4) is 0 Å². The second-order valence-electron chi connectivity index (χ2n) is 11.1. The summed E-state index contributed by atoms with van der Waals surface area (Å²) >= 11 is 6.54. The van der Waals surface area contributed by atoms with Crippen LogP contribution in [-0.2, 0) is 23.9 Å². The van der Waals surface area contributed by atoms with Crippen LogP contribution in [0, 0.1) is 17.8 Å². The molecule has 2 bridgehead atoms. The number of amides is 2. The molecule has 9 heteroatoms. The molecular formula is C31H41ClN2O6. The first kappa shape index (κ1) is 30.3. The topological polar surface area (TPSA) is 96.4 Å². The van der Waals surface area contributed by atoms with Gasteiger partial charge in [-0.25, -0.2) is 0 Å². The zero-order chi connectivity index (χ0) is 29.2. The van der Waals surface area contributed by atoms with Crippen molar-refractivity contribution >= 4 is 35.1 Å². The molecule has 0 aliphatic carbocycles. The Morgan fingerprint density at radius 3 is 2.60 bits per heavy atom. The Labute approximate surface area is 241 Å². The van der Waals surface area contributed by atoms with Crippen molar-refractivity contribution < 1.29 is 29.0 Å². The van der Waals surface area contributed by atoms with Gasteiger partial charge in [0.1, 0.15) is 17.6 Å². The monoisotopic (exact) mass is 572 g/mol. The highest BCUT2D eigenvalue weighted by molar-refractivity contribution is 6.34. The van der Waals surface area contributed by atoms with Crippen molar-refractivity contribution in [3.05, 3.63) is 54.6 Å². The Morgan fingerprint density at radius 1 is 1.27 bits per heavy atom. The average Bonchev–Trinajstić information content (AvgIpc) is 3.56. The fourth-order valence-electron chi connectivity index (χ4n) is 7.05. The highest BCUT2D eigenvalue weighted by Crippen LogP contribution is 2.65. The van der Waals surface area contributed by atoms with Crippen LogP contribution >= 0.6 is 11.6 Å². The number of hydrogen-bond acceptors (Lipinski definition) is 6. The van der Waals surface area contributed by atoms with Crippen molar-refractivity contribution in [2.24, 2.45) is 17.8 Å². The minimum Gasteiger partial charge on any atom is -0.465 e. The maximum atomic E-state index is 14.7. The molecule has 218 valence electrons. The summed E-state index contributed by atoms with van der Waals surface area (Å²) in [6.07, 6.45) is 5.90. The Bertz CT molecular complexity index is 1160.